The Morgan fingerprint density at radius 3 is 2.48 bits per heavy atom. The molecule has 0 unspecified atom stereocenters. The number of hydrogen-bond acceptors (Lipinski definition) is 4. The summed E-state index contributed by atoms with van der Waals surface area (Å²) in [6.07, 6.45) is 2.08. The third-order valence-electron chi connectivity index (χ3n) is 4.57. The number of anilines is 3. The zero-order chi connectivity index (χ0) is 18.8. The quantitative estimate of drug-likeness (QED) is 0.643. The van der Waals surface area contributed by atoms with E-state index in [1.54, 1.807) is 30.3 Å². The number of nitrogens with zero attached hydrogens (tertiary/aromatic N) is 1. The number of nitrogens with one attached hydrogen (secondary N) is 2. The van der Waals surface area contributed by atoms with E-state index in [2.05, 4.69) is 15.5 Å². The first kappa shape index (κ1) is 17.4. The van der Waals surface area contributed by atoms with Gasteiger partial charge < -0.3 is 14.6 Å². The molecule has 6 nitrogen and oxygen atoms in total. The molecule has 0 saturated carbocycles. The van der Waals surface area contributed by atoms with Crippen LogP contribution in [0.1, 0.15) is 12.8 Å². The molecule has 1 aromatic heterocycles. The van der Waals surface area contributed by atoms with Gasteiger partial charge in [0.1, 0.15) is 5.58 Å². The maximum atomic E-state index is 12.6. The topological polar surface area (TPSA) is 74.6 Å². The number of amides is 2. The van der Waals surface area contributed by atoms with Gasteiger partial charge in [-0.05, 0) is 37.1 Å². The van der Waals surface area contributed by atoms with Crippen LogP contribution in [-0.2, 0) is 0 Å². The minimum atomic E-state index is -0.579. The molecule has 2 amide bonds. The third-order valence-corrected chi connectivity index (χ3v) is 4.90. The number of benzene rings is 2. The molecule has 0 spiro atoms. The van der Waals surface area contributed by atoms with E-state index >= 15 is 0 Å². The summed E-state index contributed by atoms with van der Waals surface area (Å²) in [6, 6.07) is 13.7. The molecule has 1 aliphatic heterocycles. The number of halogens is 1. The number of carbonyl (C=O) groups excluding carboxylic acids is 1. The molecule has 138 valence electrons. The Morgan fingerprint density at radius 1 is 1.00 bits per heavy atom. The van der Waals surface area contributed by atoms with Gasteiger partial charge in [0.25, 0.3) is 0 Å². The van der Waals surface area contributed by atoms with Crippen molar-refractivity contribution >= 4 is 45.7 Å². The van der Waals surface area contributed by atoms with Gasteiger partial charge in [-0.2, -0.15) is 0 Å². The van der Waals surface area contributed by atoms with E-state index in [-0.39, 0.29) is 5.69 Å². The number of hydrogen-bond donors (Lipinski definition) is 2. The van der Waals surface area contributed by atoms with Crippen molar-refractivity contribution in [1.82, 2.24) is 0 Å². The maximum absolute atomic E-state index is 12.6. The van der Waals surface area contributed by atoms with E-state index in [1.807, 2.05) is 18.2 Å². The monoisotopic (exact) mass is 383 g/mol. The van der Waals surface area contributed by atoms with Crippen molar-refractivity contribution in [2.45, 2.75) is 12.8 Å². The molecule has 27 heavy (non-hydrogen) atoms. The van der Waals surface area contributed by atoms with Crippen LogP contribution in [0.3, 0.4) is 0 Å². The lowest BCUT2D eigenvalue weighted by Gasteiger charge is -2.22. The summed E-state index contributed by atoms with van der Waals surface area (Å²) < 4.78 is 5.42. The molecule has 3 aromatic rings. The van der Waals surface area contributed by atoms with Gasteiger partial charge in [0.2, 0.25) is 0 Å². The average molecular weight is 384 g/mol. The van der Waals surface area contributed by atoms with Crippen LogP contribution in [0.25, 0.3) is 11.0 Å². The smallest absolute Gasteiger partial charge is 0.362 e. The lowest BCUT2D eigenvalue weighted by atomic mass is 10.1. The number of urea groups is 1. The van der Waals surface area contributed by atoms with Crippen LogP contribution in [0.15, 0.2) is 57.7 Å². The van der Waals surface area contributed by atoms with Gasteiger partial charge in [-0.1, -0.05) is 35.9 Å². The van der Waals surface area contributed by atoms with E-state index in [9.17, 15) is 9.59 Å². The minimum absolute atomic E-state index is 0.139. The SMILES string of the molecule is O=C(Nc1ccccc1Cl)Nc1c(N2CCCC2)c2ccccc2oc1=O. The zero-order valence-corrected chi connectivity index (χ0v) is 15.3. The van der Waals surface area contributed by atoms with Gasteiger partial charge in [0, 0.05) is 18.5 Å². The Labute approximate surface area is 160 Å². The van der Waals surface area contributed by atoms with Gasteiger partial charge in [-0.15, -0.1) is 0 Å². The summed E-state index contributed by atoms with van der Waals surface area (Å²) in [5.41, 5.74) is 1.23. The standard InChI is InChI=1S/C20H18ClN3O3/c21-14-8-2-3-9-15(14)22-20(26)23-17-18(24-11-5-6-12-24)13-7-1-4-10-16(13)27-19(17)25/h1-4,7-10H,5-6,11-12H2,(H2,22,23,26). The predicted octanol–water partition coefficient (Wildman–Crippen LogP) is 4.69. The van der Waals surface area contributed by atoms with E-state index in [0.717, 1.165) is 31.3 Å². The molecule has 0 radical (unpaired) electrons. The molecule has 1 saturated heterocycles. The highest BCUT2D eigenvalue weighted by molar-refractivity contribution is 6.33. The first-order valence-corrected chi connectivity index (χ1v) is 9.14. The highest BCUT2D eigenvalue weighted by atomic mass is 35.5. The Bertz CT molecular complexity index is 1060. The Morgan fingerprint density at radius 2 is 1.70 bits per heavy atom. The lowest BCUT2D eigenvalue weighted by molar-refractivity contribution is 0.262. The summed E-state index contributed by atoms with van der Waals surface area (Å²) in [7, 11) is 0. The van der Waals surface area contributed by atoms with Gasteiger partial charge >= 0.3 is 11.7 Å². The highest BCUT2D eigenvalue weighted by Gasteiger charge is 2.24. The van der Waals surface area contributed by atoms with Crippen molar-refractivity contribution in [2.24, 2.45) is 0 Å². The normalized spacial score (nSPS) is 13.7. The van der Waals surface area contributed by atoms with Crippen molar-refractivity contribution in [3.05, 3.63) is 64.0 Å². The van der Waals surface area contributed by atoms with Crippen LogP contribution >= 0.6 is 11.6 Å². The summed E-state index contributed by atoms with van der Waals surface area (Å²) in [5, 5.41) is 6.55. The molecular weight excluding hydrogens is 366 g/mol. The maximum Gasteiger partial charge on any atom is 0.362 e. The Kier molecular flexibility index (Phi) is 4.73. The van der Waals surface area contributed by atoms with Crippen LogP contribution in [0.4, 0.5) is 21.9 Å². The molecular formula is C20H18ClN3O3. The second-order valence-corrected chi connectivity index (χ2v) is 6.77. The van der Waals surface area contributed by atoms with Crippen LogP contribution in [0.2, 0.25) is 5.02 Å². The van der Waals surface area contributed by atoms with E-state index in [0.29, 0.717) is 22.0 Å². The number of carbonyl (C=O) groups is 1. The van der Waals surface area contributed by atoms with Gasteiger partial charge in [-0.3, -0.25) is 5.32 Å². The minimum Gasteiger partial charge on any atom is -0.421 e. The van der Waals surface area contributed by atoms with Crippen LogP contribution in [-0.4, -0.2) is 19.1 Å². The number of para-hydroxylation sites is 2. The van der Waals surface area contributed by atoms with E-state index in [1.165, 1.54) is 0 Å². The average Bonchev–Trinajstić information content (AvgIpc) is 3.18. The Hall–Kier alpha value is -2.99. The summed E-state index contributed by atoms with van der Waals surface area (Å²) in [5.74, 6) is 0. The molecule has 0 atom stereocenters. The molecule has 7 heteroatoms. The third kappa shape index (κ3) is 3.48. The van der Waals surface area contributed by atoms with Crippen molar-refractivity contribution in [3.8, 4) is 0 Å². The largest absolute Gasteiger partial charge is 0.421 e. The van der Waals surface area contributed by atoms with Crippen molar-refractivity contribution in [1.29, 1.82) is 0 Å². The first-order valence-electron chi connectivity index (χ1n) is 8.77. The van der Waals surface area contributed by atoms with Gasteiger partial charge in [0.15, 0.2) is 5.69 Å². The van der Waals surface area contributed by atoms with E-state index < -0.39 is 11.7 Å². The van der Waals surface area contributed by atoms with Gasteiger partial charge in [0.05, 0.1) is 16.4 Å². The highest BCUT2D eigenvalue weighted by Crippen LogP contribution is 2.34. The summed E-state index contributed by atoms with van der Waals surface area (Å²) >= 11 is 6.08. The molecule has 1 fully saturated rings. The first-order chi connectivity index (χ1) is 13.1. The fourth-order valence-corrected chi connectivity index (χ4v) is 3.53. The van der Waals surface area contributed by atoms with Crippen molar-refractivity contribution < 1.29 is 9.21 Å². The van der Waals surface area contributed by atoms with Crippen molar-refractivity contribution in [3.63, 3.8) is 0 Å². The van der Waals surface area contributed by atoms with Gasteiger partial charge in [-0.25, -0.2) is 9.59 Å². The van der Waals surface area contributed by atoms with Crippen molar-refractivity contribution in [2.75, 3.05) is 28.6 Å². The Balaban J connectivity index is 1.73. The predicted molar refractivity (Wildman–Crippen MR) is 108 cm³/mol. The number of rotatable bonds is 3. The fraction of sp³-hybridized carbons (Fsp3) is 0.200. The second-order valence-electron chi connectivity index (χ2n) is 6.36. The molecule has 1 aliphatic rings. The molecule has 0 bridgehead atoms. The molecule has 2 heterocycles. The summed E-state index contributed by atoms with van der Waals surface area (Å²) in [4.78, 5) is 27.2. The second kappa shape index (κ2) is 7.32. The molecule has 4 rings (SSSR count). The zero-order valence-electron chi connectivity index (χ0n) is 14.5. The number of fused-ring (bicyclic) bond motifs is 1. The van der Waals surface area contributed by atoms with E-state index in [4.69, 9.17) is 16.0 Å². The fourth-order valence-electron chi connectivity index (χ4n) is 3.34. The molecule has 0 aliphatic carbocycles. The van der Waals surface area contributed by atoms with Crippen LogP contribution in [0.5, 0.6) is 0 Å². The van der Waals surface area contributed by atoms with Crippen LogP contribution < -0.4 is 21.2 Å². The van der Waals surface area contributed by atoms with Crippen LogP contribution in [0, 0.1) is 0 Å². The molecule has 2 aromatic carbocycles. The summed E-state index contributed by atoms with van der Waals surface area (Å²) in [6.45, 7) is 1.66. The lowest BCUT2D eigenvalue weighted by Crippen LogP contribution is -2.28. The molecule has 2 N–H and O–H groups in total.